The second-order valence-corrected chi connectivity index (χ2v) is 2.41. The van der Waals surface area contributed by atoms with Crippen molar-refractivity contribution in [2.45, 2.75) is 0 Å². The zero-order valence-corrected chi connectivity index (χ0v) is 9.04. The van der Waals surface area contributed by atoms with E-state index in [2.05, 4.69) is 13.2 Å². The minimum absolute atomic E-state index is 0. The van der Waals surface area contributed by atoms with Crippen LogP contribution in [0.4, 0.5) is 5.69 Å². The summed E-state index contributed by atoms with van der Waals surface area (Å²) in [6, 6.07) is 7.58. The molecular formula is C11H14ClNO2. The maximum Gasteiger partial charge on any atom is 0.327 e. The van der Waals surface area contributed by atoms with Crippen molar-refractivity contribution in [2.75, 3.05) is 5.73 Å². The second kappa shape index (κ2) is 8.84. The summed E-state index contributed by atoms with van der Waals surface area (Å²) in [4.78, 5) is 9.25. The number of hydrogen-bond acceptors (Lipinski definition) is 2. The van der Waals surface area contributed by atoms with Crippen LogP contribution in [0, 0.1) is 0 Å². The smallest absolute Gasteiger partial charge is 0.327 e. The number of halogens is 1. The Morgan fingerprint density at radius 3 is 1.93 bits per heavy atom. The van der Waals surface area contributed by atoms with Gasteiger partial charge in [0.05, 0.1) is 0 Å². The molecule has 1 rings (SSSR count). The molecule has 0 aliphatic rings. The highest BCUT2D eigenvalue weighted by Crippen LogP contribution is 2.05. The molecule has 0 aliphatic carbocycles. The van der Waals surface area contributed by atoms with Gasteiger partial charge in [0.2, 0.25) is 0 Å². The first-order valence-corrected chi connectivity index (χ1v) is 3.93. The fourth-order valence-corrected chi connectivity index (χ4v) is 0.632. The lowest BCUT2D eigenvalue weighted by Crippen LogP contribution is -1.82. The van der Waals surface area contributed by atoms with Gasteiger partial charge in [0.15, 0.2) is 0 Å². The van der Waals surface area contributed by atoms with Gasteiger partial charge in [0, 0.05) is 11.8 Å². The number of rotatable bonds is 2. The van der Waals surface area contributed by atoms with Gasteiger partial charge in [-0.1, -0.05) is 31.4 Å². The van der Waals surface area contributed by atoms with Gasteiger partial charge in [0.1, 0.15) is 0 Å². The van der Waals surface area contributed by atoms with Crippen molar-refractivity contribution in [3.05, 3.63) is 49.1 Å². The number of carboxylic acid groups (broad SMARTS) is 1. The molecule has 0 aliphatic heterocycles. The molecule has 15 heavy (non-hydrogen) atoms. The second-order valence-electron chi connectivity index (χ2n) is 2.41. The minimum atomic E-state index is -0.981. The van der Waals surface area contributed by atoms with Crippen molar-refractivity contribution >= 4 is 30.1 Å². The molecule has 0 atom stereocenters. The number of carboxylic acids is 1. The Morgan fingerprint density at radius 1 is 1.27 bits per heavy atom. The molecule has 0 heterocycles. The van der Waals surface area contributed by atoms with E-state index in [9.17, 15) is 4.79 Å². The summed E-state index contributed by atoms with van der Waals surface area (Å²) in [5.74, 6) is -0.981. The van der Waals surface area contributed by atoms with E-state index in [1.807, 2.05) is 24.3 Å². The Balaban J connectivity index is 0. The fraction of sp³-hybridized carbons (Fsp3) is 0. The molecule has 3 N–H and O–H groups in total. The summed E-state index contributed by atoms with van der Waals surface area (Å²) in [6.45, 7) is 6.58. The van der Waals surface area contributed by atoms with Crippen molar-refractivity contribution in [1.82, 2.24) is 0 Å². The first kappa shape index (κ1) is 15.7. The molecule has 1 aromatic rings. The van der Waals surface area contributed by atoms with Crippen molar-refractivity contribution in [2.24, 2.45) is 0 Å². The van der Waals surface area contributed by atoms with Gasteiger partial charge in [0.25, 0.3) is 0 Å². The third-order valence-electron chi connectivity index (χ3n) is 1.35. The van der Waals surface area contributed by atoms with E-state index in [-0.39, 0.29) is 12.4 Å². The Bertz CT molecular complexity index is 320. The molecular weight excluding hydrogens is 214 g/mol. The molecule has 3 nitrogen and oxygen atoms in total. The largest absolute Gasteiger partial charge is 0.478 e. The average Bonchev–Trinajstić information content (AvgIpc) is 2.20. The lowest BCUT2D eigenvalue weighted by atomic mass is 10.2. The molecule has 82 valence electrons. The fourth-order valence-electron chi connectivity index (χ4n) is 0.632. The van der Waals surface area contributed by atoms with Gasteiger partial charge in [-0.05, 0) is 17.7 Å². The van der Waals surface area contributed by atoms with E-state index < -0.39 is 5.97 Å². The SMILES string of the molecule is C=CC(=O)O.C=Cc1ccc(N)cc1.Cl. The van der Waals surface area contributed by atoms with Crippen molar-refractivity contribution in [3.63, 3.8) is 0 Å². The van der Waals surface area contributed by atoms with E-state index in [1.165, 1.54) is 0 Å². The van der Waals surface area contributed by atoms with Gasteiger partial charge in [-0.2, -0.15) is 0 Å². The van der Waals surface area contributed by atoms with Crippen LogP contribution in [0.15, 0.2) is 43.5 Å². The highest BCUT2D eigenvalue weighted by molar-refractivity contribution is 5.85. The topological polar surface area (TPSA) is 63.3 Å². The maximum absolute atomic E-state index is 9.25. The maximum atomic E-state index is 9.25. The number of anilines is 1. The highest BCUT2D eigenvalue weighted by Gasteiger charge is 1.82. The number of hydrogen-bond donors (Lipinski definition) is 2. The van der Waals surface area contributed by atoms with Gasteiger partial charge >= 0.3 is 5.97 Å². The summed E-state index contributed by atoms with van der Waals surface area (Å²) >= 11 is 0. The molecule has 0 saturated carbocycles. The van der Waals surface area contributed by atoms with E-state index in [4.69, 9.17) is 10.8 Å². The lowest BCUT2D eigenvalue weighted by Gasteiger charge is -1.91. The standard InChI is InChI=1S/C8H9N.C3H4O2.ClH/c1-2-7-3-5-8(9)6-4-7;1-2-3(4)5;/h2-6H,1,9H2;2H,1H2,(H,4,5);1H. The van der Waals surface area contributed by atoms with E-state index in [1.54, 1.807) is 6.08 Å². The van der Waals surface area contributed by atoms with Crippen LogP contribution in [0.1, 0.15) is 5.56 Å². The summed E-state index contributed by atoms with van der Waals surface area (Å²) < 4.78 is 0. The zero-order valence-electron chi connectivity index (χ0n) is 8.22. The Kier molecular flexibility index (Phi) is 9.26. The van der Waals surface area contributed by atoms with Crippen molar-refractivity contribution < 1.29 is 9.90 Å². The summed E-state index contributed by atoms with van der Waals surface area (Å²) in [5.41, 5.74) is 7.34. The Morgan fingerprint density at radius 2 is 1.67 bits per heavy atom. The van der Waals surface area contributed by atoms with Crippen LogP contribution in [-0.2, 0) is 4.79 Å². The van der Waals surface area contributed by atoms with E-state index in [0.29, 0.717) is 0 Å². The molecule has 0 radical (unpaired) electrons. The first-order chi connectivity index (χ1) is 6.60. The molecule has 4 heteroatoms. The van der Waals surface area contributed by atoms with Gasteiger partial charge < -0.3 is 10.8 Å². The highest BCUT2D eigenvalue weighted by atomic mass is 35.5. The molecule has 0 amide bonds. The molecule has 0 bridgehead atoms. The number of nitrogen functional groups attached to an aromatic ring is 1. The van der Waals surface area contributed by atoms with Gasteiger partial charge in [-0.25, -0.2) is 4.79 Å². The van der Waals surface area contributed by atoms with Crippen LogP contribution < -0.4 is 5.73 Å². The van der Waals surface area contributed by atoms with Crippen LogP contribution in [0.3, 0.4) is 0 Å². The molecule has 0 saturated heterocycles. The first-order valence-electron chi connectivity index (χ1n) is 3.93. The molecule has 0 aromatic heterocycles. The summed E-state index contributed by atoms with van der Waals surface area (Å²) in [5, 5.41) is 7.60. The van der Waals surface area contributed by atoms with E-state index >= 15 is 0 Å². The number of aliphatic carboxylic acids is 1. The number of carbonyl (C=O) groups is 1. The van der Waals surface area contributed by atoms with Crippen molar-refractivity contribution in [3.8, 4) is 0 Å². The summed E-state index contributed by atoms with van der Waals surface area (Å²) in [6.07, 6.45) is 2.62. The zero-order chi connectivity index (χ0) is 11.0. The Labute approximate surface area is 95.3 Å². The number of nitrogens with two attached hydrogens (primary N) is 1. The monoisotopic (exact) mass is 227 g/mol. The van der Waals surface area contributed by atoms with Crippen LogP contribution >= 0.6 is 12.4 Å². The quantitative estimate of drug-likeness (QED) is 0.603. The third kappa shape index (κ3) is 8.59. The molecule has 0 unspecified atom stereocenters. The van der Waals surface area contributed by atoms with Crippen LogP contribution in [0.2, 0.25) is 0 Å². The van der Waals surface area contributed by atoms with Gasteiger partial charge in [-0.15, -0.1) is 12.4 Å². The predicted octanol–water partition coefficient (Wildman–Crippen LogP) is 2.59. The van der Waals surface area contributed by atoms with E-state index in [0.717, 1.165) is 17.3 Å². The molecule has 1 aromatic carbocycles. The third-order valence-corrected chi connectivity index (χ3v) is 1.35. The number of benzene rings is 1. The normalized spacial score (nSPS) is 7.47. The Hall–Kier alpha value is -1.74. The van der Waals surface area contributed by atoms with Crippen LogP contribution in [-0.4, -0.2) is 11.1 Å². The summed E-state index contributed by atoms with van der Waals surface area (Å²) in [7, 11) is 0. The lowest BCUT2D eigenvalue weighted by molar-refractivity contribution is -0.131. The van der Waals surface area contributed by atoms with Gasteiger partial charge in [-0.3, -0.25) is 0 Å². The van der Waals surface area contributed by atoms with Crippen molar-refractivity contribution in [1.29, 1.82) is 0 Å². The molecule has 0 spiro atoms. The van der Waals surface area contributed by atoms with Crippen LogP contribution in [0.5, 0.6) is 0 Å². The predicted molar refractivity (Wildman–Crippen MR) is 66.0 cm³/mol. The molecule has 0 fully saturated rings. The minimum Gasteiger partial charge on any atom is -0.478 e. The average molecular weight is 228 g/mol. The van der Waals surface area contributed by atoms with Crippen LogP contribution in [0.25, 0.3) is 6.08 Å².